The first kappa shape index (κ1) is 15.0. The van der Waals surface area contributed by atoms with Crippen LogP contribution in [-0.2, 0) is 7.05 Å². The lowest BCUT2D eigenvalue weighted by atomic mass is 10.3. The van der Waals surface area contributed by atoms with Crippen LogP contribution in [0, 0.1) is 0 Å². The molecule has 0 spiro atoms. The third-order valence-electron chi connectivity index (χ3n) is 4.07. The third kappa shape index (κ3) is 2.53. The highest BCUT2D eigenvalue weighted by Gasteiger charge is 2.15. The number of pyridine rings is 1. The molecule has 0 atom stereocenters. The topological polar surface area (TPSA) is 75.1 Å². The first-order valence-corrected chi connectivity index (χ1v) is 7.80. The van der Waals surface area contributed by atoms with Crippen LogP contribution < -0.4 is 16.2 Å². The number of hydrogen-bond acceptors (Lipinski definition) is 4. The van der Waals surface area contributed by atoms with Gasteiger partial charge in [-0.15, -0.1) is 0 Å². The number of rotatable bonds is 3. The van der Waals surface area contributed by atoms with Crippen molar-refractivity contribution in [2.75, 3.05) is 5.73 Å². The van der Waals surface area contributed by atoms with Crippen LogP contribution >= 0.6 is 0 Å². The van der Waals surface area contributed by atoms with E-state index in [1.54, 1.807) is 28.4 Å². The Kier molecular flexibility index (Phi) is 3.50. The second-order valence-corrected chi connectivity index (χ2v) is 5.65. The number of benzene rings is 2. The average molecular weight is 332 g/mol. The van der Waals surface area contributed by atoms with Crippen molar-refractivity contribution in [2.45, 2.75) is 0 Å². The molecule has 2 N–H and O–H groups in total. The van der Waals surface area contributed by atoms with Crippen molar-refractivity contribution in [1.82, 2.24) is 14.1 Å². The van der Waals surface area contributed by atoms with Gasteiger partial charge in [0.05, 0.1) is 11.2 Å². The summed E-state index contributed by atoms with van der Waals surface area (Å²) >= 11 is 0. The average Bonchev–Trinajstić information content (AvgIpc) is 2.89. The second-order valence-electron chi connectivity index (χ2n) is 5.65. The Morgan fingerprint density at radius 1 is 0.960 bits per heavy atom. The number of aromatic nitrogens is 3. The number of ether oxygens (including phenoxy) is 1. The second kappa shape index (κ2) is 5.83. The highest BCUT2D eigenvalue weighted by Crippen LogP contribution is 2.25. The molecule has 0 radical (unpaired) electrons. The quantitative estimate of drug-likeness (QED) is 0.625. The molecule has 0 fully saturated rings. The number of anilines is 1. The number of para-hydroxylation sites is 1. The summed E-state index contributed by atoms with van der Waals surface area (Å²) in [5.41, 5.74) is 7.87. The minimum absolute atomic E-state index is 0.175. The highest BCUT2D eigenvalue weighted by molar-refractivity contribution is 5.86. The summed E-state index contributed by atoms with van der Waals surface area (Å²) in [5, 5.41) is 0. The smallest absolute Gasteiger partial charge is 0.333 e. The van der Waals surface area contributed by atoms with E-state index in [1.807, 2.05) is 54.6 Å². The molecule has 25 heavy (non-hydrogen) atoms. The van der Waals surface area contributed by atoms with Gasteiger partial charge in [0.1, 0.15) is 22.8 Å². The lowest BCUT2D eigenvalue weighted by molar-refractivity contribution is 0.482. The number of aryl methyl sites for hydroxylation is 1. The van der Waals surface area contributed by atoms with E-state index >= 15 is 0 Å². The van der Waals surface area contributed by atoms with E-state index in [9.17, 15) is 4.79 Å². The van der Waals surface area contributed by atoms with Crippen LogP contribution in [0.1, 0.15) is 0 Å². The number of imidazole rings is 1. The number of fused-ring (bicyclic) bond motifs is 1. The zero-order chi connectivity index (χ0) is 17.4. The van der Waals surface area contributed by atoms with E-state index in [-0.39, 0.29) is 5.69 Å². The summed E-state index contributed by atoms with van der Waals surface area (Å²) in [6.07, 6.45) is 1.60. The van der Waals surface area contributed by atoms with Gasteiger partial charge in [-0.25, -0.2) is 9.78 Å². The molecule has 6 heteroatoms. The first-order chi connectivity index (χ1) is 12.1. The summed E-state index contributed by atoms with van der Waals surface area (Å²) in [6.45, 7) is 0. The summed E-state index contributed by atoms with van der Waals surface area (Å²) in [7, 11) is 1.72. The van der Waals surface area contributed by atoms with Gasteiger partial charge in [0.2, 0.25) is 0 Å². The molecule has 0 amide bonds. The molecular formula is C19H16N4O2. The number of hydrogen-bond donors (Lipinski definition) is 1. The molecule has 0 saturated heterocycles. The molecular weight excluding hydrogens is 316 g/mol. The molecule has 0 bridgehead atoms. The summed E-state index contributed by atoms with van der Waals surface area (Å²) in [5.74, 6) is 1.76. The fourth-order valence-corrected chi connectivity index (χ4v) is 2.84. The molecule has 0 aliphatic rings. The SMILES string of the molecule is Cn1c(=O)n(-c2ccc(Oc3ccccc3)cc2)c2c(N)nccc21. The standard InChI is InChI=1S/C19H16N4O2/c1-22-16-11-12-21-18(20)17(16)23(19(22)24)13-7-9-15(10-8-13)25-14-5-3-2-4-6-14/h2-12H,1H3,(H2,20,21). The maximum absolute atomic E-state index is 12.6. The van der Waals surface area contributed by atoms with E-state index in [1.165, 1.54) is 0 Å². The van der Waals surface area contributed by atoms with Crippen molar-refractivity contribution in [3.8, 4) is 17.2 Å². The maximum Gasteiger partial charge on any atom is 0.333 e. The Bertz CT molecular complexity index is 1100. The normalized spacial score (nSPS) is 10.9. The Hall–Kier alpha value is -3.54. The molecule has 0 unspecified atom stereocenters. The molecule has 6 nitrogen and oxygen atoms in total. The van der Waals surface area contributed by atoms with Crippen LogP contribution in [0.15, 0.2) is 71.7 Å². The van der Waals surface area contributed by atoms with Crippen LogP contribution in [0.4, 0.5) is 5.82 Å². The monoisotopic (exact) mass is 332 g/mol. The molecule has 2 aromatic carbocycles. The van der Waals surface area contributed by atoms with E-state index in [4.69, 9.17) is 10.5 Å². The van der Waals surface area contributed by atoms with E-state index in [2.05, 4.69) is 4.98 Å². The predicted molar refractivity (Wildman–Crippen MR) is 97.2 cm³/mol. The fraction of sp³-hybridized carbons (Fsp3) is 0.0526. The molecule has 124 valence electrons. The van der Waals surface area contributed by atoms with Crippen LogP contribution in [-0.4, -0.2) is 14.1 Å². The van der Waals surface area contributed by atoms with Crippen molar-refractivity contribution in [1.29, 1.82) is 0 Å². The summed E-state index contributed by atoms with van der Waals surface area (Å²) in [4.78, 5) is 16.7. The first-order valence-electron chi connectivity index (χ1n) is 7.80. The van der Waals surface area contributed by atoms with Gasteiger partial charge < -0.3 is 10.5 Å². The van der Waals surface area contributed by atoms with Crippen LogP contribution in [0.2, 0.25) is 0 Å². The Morgan fingerprint density at radius 3 is 2.36 bits per heavy atom. The fourth-order valence-electron chi connectivity index (χ4n) is 2.84. The van der Waals surface area contributed by atoms with Gasteiger partial charge >= 0.3 is 5.69 Å². The van der Waals surface area contributed by atoms with Crippen molar-refractivity contribution < 1.29 is 4.74 Å². The minimum Gasteiger partial charge on any atom is -0.457 e. The molecule has 0 aliphatic carbocycles. The van der Waals surface area contributed by atoms with Crippen molar-refractivity contribution in [3.63, 3.8) is 0 Å². The molecule has 4 rings (SSSR count). The van der Waals surface area contributed by atoms with E-state index in [0.29, 0.717) is 22.8 Å². The van der Waals surface area contributed by atoms with Gasteiger partial charge in [0, 0.05) is 13.2 Å². The minimum atomic E-state index is -0.175. The number of nitrogens with zero attached hydrogens (tertiary/aromatic N) is 3. The molecule has 2 aromatic heterocycles. The van der Waals surface area contributed by atoms with Crippen molar-refractivity contribution in [2.24, 2.45) is 7.05 Å². The van der Waals surface area contributed by atoms with Crippen molar-refractivity contribution in [3.05, 3.63) is 77.3 Å². The zero-order valence-corrected chi connectivity index (χ0v) is 13.6. The maximum atomic E-state index is 12.6. The molecule has 0 saturated carbocycles. The Labute approximate surface area is 143 Å². The predicted octanol–water partition coefficient (Wildman–Crippen LogP) is 3.10. The van der Waals surface area contributed by atoms with Gasteiger partial charge in [-0.1, -0.05) is 18.2 Å². The van der Waals surface area contributed by atoms with E-state index in [0.717, 1.165) is 11.3 Å². The Balaban J connectivity index is 1.77. The lowest BCUT2D eigenvalue weighted by Crippen LogP contribution is -2.20. The van der Waals surface area contributed by atoms with Crippen LogP contribution in [0.25, 0.3) is 16.7 Å². The summed E-state index contributed by atoms with van der Waals surface area (Å²) < 4.78 is 8.90. The van der Waals surface area contributed by atoms with Gasteiger partial charge in [0.15, 0.2) is 0 Å². The molecule has 2 heterocycles. The van der Waals surface area contributed by atoms with Crippen LogP contribution in [0.5, 0.6) is 11.5 Å². The van der Waals surface area contributed by atoms with Crippen LogP contribution in [0.3, 0.4) is 0 Å². The Morgan fingerprint density at radius 2 is 1.64 bits per heavy atom. The number of nitrogen functional groups attached to an aromatic ring is 1. The van der Waals surface area contributed by atoms with E-state index < -0.39 is 0 Å². The zero-order valence-electron chi connectivity index (χ0n) is 13.6. The van der Waals surface area contributed by atoms with Gasteiger partial charge in [-0.2, -0.15) is 0 Å². The third-order valence-corrected chi connectivity index (χ3v) is 4.07. The van der Waals surface area contributed by atoms with Gasteiger partial charge in [-0.3, -0.25) is 9.13 Å². The number of nitrogens with two attached hydrogens (primary N) is 1. The highest BCUT2D eigenvalue weighted by atomic mass is 16.5. The largest absolute Gasteiger partial charge is 0.457 e. The van der Waals surface area contributed by atoms with Crippen molar-refractivity contribution >= 4 is 16.9 Å². The lowest BCUT2D eigenvalue weighted by Gasteiger charge is -2.08. The summed E-state index contributed by atoms with van der Waals surface area (Å²) in [6, 6.07) is 18.6. The van der Waals surface area contributed by atoms with Gasteiger partial charge in [-0.05, 0) is 42.5 Å². The molecule has 4 aromatic rings. The van der Waals surface area contributed by atoms with Gasteiger partial charge in [0.25, 0.3) is 0 Å². The molecule has 0 aliphatic heterocycles.